The fourth-order valence-electron chi connectivity index (χ4n) is 4.90. The molecule has 0 aromatic heterocycles. The van der Waals surface area contributed by atoms with Crippen molar-refractivity contribution in [3.63, 3.8) is 0 Å². The molecule has 2 aliphatic rings. The van der Waals surface area contributed by atoms with E-state index in [9.17, 15) is 4.79 Å². The van der Waals surface area contributed by atoms with Gasteiger partial charge >= 0.3 is 0 Å². The van der Waals surface area contributed by atoms with Gasteiger partial charge < -0.3 is 10.1 Å². The average Bonchev–Trinajstić information content (AvgIpc) is 2.72. The highest BCUT2D eigenvalue weighted by atomic mass is 16.5. The van der Waals surface area contributed by atoms with Crippen LogP contribution in [0.2, 0.25) is 0 Å². The number of rotatable bonds is 2. The van der Waals surface area contributed by atoms with E-state index in [1.54, 1.807) is 7.11 Å². The van der Waals surface area contributed by atoms with Crippen molar-refractivity contribution in [3.05, 3.63) is 77.4 Å². The van der Waals surface area contributed by atoms with Crippen molar-refractivity contribution in [1.29, 1.82) is 0 Å². The maximum absolute atomic E-state index is 13.4. The van der Waals surface area contributed by atoms with Gasteiger partial charge in [0.15, 0.2) is 5.78 Å². The lowest BCUT2D eigenvalue weighted by Crippen LogP contribution is -2.32. The molecule has 146 valence electrons. The zero-order chi connectivity index (χ0) is 20.2. The van der Waals surface area contributed by atoms with E-state index in [4.69, 9.17) is 4.74 Å². The second kappa shape index (κ2) is 6.48. The quantitative estimate of drug-likeness (QED) is 0.576. The molecule has 0 spiro atoms. The van der Waals surface area contributed by atoms with Crippen LogP contribution in [0.1, 0.15) is 43.9 Å². The van der Waals surface area contributed by atoms with Crippen LogP contribution in [-0.4, -0.2) is 12.9 Å². The molecule has 5 rings (SSSR count). The van der Waals surface area contributed by atoms with Crippen LogP contribution >= 0.6 is 0 Å². The summed E-state index contributed by atoms with van der Waals surface area (Å²) < 4.78 is 5.33. The molecule has 29 heavy (non-hydrogen) atoms. The standard InChI is InChI=1S/C26H25NO2/c1-26(2)14-20-24(22(28)15-26)23-19-7-5-4-6-16(19)10-13-21(23)27-25(20)17-8-11-18(29-3)12-9-17/h4-13,25,27H,14-15H2,1-3H3. The minimum absolute atomic E-state index is 0.00640. The Morgan fingerprint density at radius 2 is 1.72 bits per heavy atom. The van der Waals surface area contributed by atoms with Crippen molar-refractivity contribution in [1.82, 2.24) is 0 Å². The third-order valence-corrected chi connectivity index (χ3v) is 6.18. The first-order valence-corrected chi connectivity index (χ1v) is 10.2. The van der Waals surface area contributed by atoms with Crippen LogP contribution in [0.5, 0.6) is 5.75 Å². The van der Waals surface area contributed by atoms with Crippen LogP contribution in [0.15, 0.2) is 66.2 Å². The second-order valence-corrected chi connectivity index (χ2v) is 8.90. The molecule has 3 nitrogen and oxygen atoms in total. The molecule has 1 heterocycles. The van der Waals surface area contributed by atoms with Gasteiger partial charge in [-0.1, -0.05) is 56.3 Å². The summed E-state index contributed by atoms with van der Waals surface area (Å²) in [4.78, 5) is 13.4. The van der Waals surface area contributed by atoms with Gasteiger partial charge in [-0.05, 0) is 51.9 Å². The Hall–Kier alpha value is -3.07. The molecule has 1 aliphatic heterocycles. The number of nitrogens with one attached hydrogen (secondary N) is 1. The van der Waals surface area contributed by atoms with E-state index >= 15 is 0 Å². The van der Waals surface area contributed by atoms with E-state index in [0.717, 1.165) is 39.9 Å². The molecule has 0 amide bonds. The first-order chi connectivity index (χ1) is 14.0. The Morgan fingerprint density at radius 1 is 0.966 bits per heavy atom. The summed E-state index contributed by atoms with van der Waals surface area (Å²) in [5, 5.41) is 6.06. The van der Waals surface area contributed by atoms with E-state index in [1.807, 2.05) is 18.2 Å². The van der Waals surface area contributed by atoms with Gasteiger partial charge in [0, 0.05) is 23.2 Å². The van der Waals surface area contributed by atoms with Gasteiger partial charge in [0.2, 0.25) is 0 Å². The molecule has 3 heteroatoms. The lowest BCUT2D eigenvalue weighted by atomic mass is 9.68. The Balaban J connectivity index is 1.76. The van der Waals surface area contributed by atoms with Crippen LogP contribution in [0.3, 0.4) is 0 Å². The van der Waals surface area contributed by atoms with Gasteiger partial charge in [-0.3, -0.25) is 4.79 Å². The maximum Gasteiger partial charge on any atom is 0.164 e. The number of fused-ring (bicyclic) bond motifs is 4. The highest BCUT2D eigenvalue weighted by Crippen LogP contribution is 2.51. The summed E-state index contributed by atoms with van der Waals surface area (Å²) >= 11 is 0. The minimum atomic E-state index is -0.0373. The fraction of sp³-hybridized carbons (Fsp3) is 0.269. The molecule has 3 aromatic carbocycles. The minimum Gasteiger partial charge on any atom is -0.497 e. The lowest BCUT2D eigenvalue weighted by molar-refractivity contribution is -0.116. The Labute approximate surface area is 171 Å². The number of methoxy groups -OCH3 is 1. The van der Waals surface area contributed by atoms with Gasteiger partial charge in [-0.25, -0.2) is 0 Å². The van der Waals surface area contributed by atoms with Gasteiger partial charge in [-0.2, -0.15) is 0 Å². The highest BCUT2D eigenvalue weighted by Gasteiger charge is 2.40. The summed E-state index contributed by atoms with van der Waals surface area (Å²) in [6.07, 6.45) is 1.49. The molecule has 1 aliphatic carbocycles. The Kier molecular flexibility index (Phi) is 4.02. The zero-order valence-electron chi connectivity index (χ0n) is 17.1. The van der Waals surface area contributed by atoms with Crippen molar-refractivity contribution in [2.75, 3.05) is 12.4 Å². The average molecular weight is 383 g/mol. The summed E-state index contributed by atoms with van der Waals surface area (Å²) in [5.74, 6) is 1.10. The first-order valence-electron chi connectivity index (χ1n) is 10.2. The number of hydrogen-bond donors (Lipinski definition) is 1. The van der Waals surface area contributed by atoms with Crippen molar-refractivity contribution < 1.29 is 9.53 Å². The van der Waals surface area contributed by atoms with Crippen LogP contribution in [0.25, 0.3) is 16.3 Å². The van der Waals surface area contributed by atoms with Crippen molar-refractivity contribution >= 4 is 27.8 Å². The summed E-state index contributed by atoms with van der Waals surface area (Å²) in [5.41, 5.74) is 5.36. The Morgan fingerprint density at radius 3 is 2.48 bits per heavy atom. The number of ether oxygens (including phenoxy) is 1. The monoisotopic (exact) mass is 383 g/mol. The van der Waals surface area contributed by atoms with Crippen molar-refractivity contribution in [3.8, 4) is 5.75 Å². The molecular weight excluding hydrogens is 358 g/mol. The van der Waals surface area contributed by atoms with Crippen LogP contribution < -0.4 is 10.1 Å². The second-order valence-electron chi connectivity index (χ2n) is 8.90. The first kappa shape index (κ1) is 18.0. The number of hydrogen-bond acceptors (Lipinski definition) is 3. The van der Waals surface area contributed by atoms with Crippen molar-refractivity contribution in [2.24, 2.45) is 5.41 Å². The summed E-state index contributed by atoms with van der Waals surface area (Å²) in [6, 6.07) is 20.8. The smallest absolute Gasteiger partial charge is 0.164 e. The van der Waals surface area contributed by atoms with E-state index in [1.165, 1.54) is 11.0 Å². The van der Waals surface area contributed by atoms with Gasteiger partial charge in [-0.15, -0.1) is 0 Å². The molecule has 1 N–H and O–H groups in total. The maximum atomic E-state index is 13.4. The molecule has 0 bridgehead atoms. The number of allylic oxidation sites excluding steroid dienone is 1. The molecule has 0 fully saturated rings. The molecule has 1 unspecified atom stereocenters. The van der Waals surface area contributed by atoms with E-state index in [-0.39, 0.29) is 17.2 Å². The molecule has 1 atom stereocenters. The molecular formula is C26H25NO2. The zero-order valence-corrected chi connectivity index (χ0v) is 17.1. The van der Waals surface area contributed by atoms with E-state index in [0.29, 0.717) is 6.42 Å². The van der Waals surface area contributed by atoms with Crippen LogP contribution in [0.4, 0.5) is 5.69 Å². The van der Waals surface area contributed by atoms with Crippen LogP contribution in [-0.2, 0) is 4.79 Å². The lowest BCUT2D eigenvalue weighted by Gasteiger charge is -2.40. The summed E-state index contributed by atoms with van der Waals surface area (Å²) in [7, 11) is 1.68. The topological polar surface area (TPSA) is 38.3 Å². The summed E-state index contributed by atoms with van der Waals surface area (Å²) in [6.45, 7) is 4.39. The van der Waals surface area contributed by atoms with Gasteiger partial charge in [0.1, 0.15) is 5.75 Å². The SMILES string of the molecule is COc1ccc(C2Nc3ccc4ccccc4c3C3=C2CC(C)(C)CC3=O)cc1. The van der Waals surface area contributed by atoms with Gasteiger partial charge in [0.05, 0.1) is 13.2 Å². The molecule has 0 saturated carbocycles. The third-order valence-electron chi connectivity index (χ3n) is 6.18. The molecule has 0 saturated heterocycles. The number of carbonyl (C=O) groups excluding carboxylic acids is 1. The largest absolute Gasteiger partial charge is 0.497 e. The van der Waals surface area contributed by atoms with Crippen LogP contribution in [0, 0.1) is 5.41 Å². The van der Waals surface area contributed by atoms with Gasteiger partial charge in [0.25, 0.3) is 0 Å². The number of Topliss-reactive ketones (excluding diaryl/α,β-unsaturated/α-hetero) is 1. The third kappa shape index (κ3) is 2.93. The fourth-order valence-corrected chi connectivity index (χ4v) is 4.90. The normalized spacial score (nSPS) is 20.1. The predicted molar refractivity (Wildman–Crippen MR) is 118 cm³/mol. The molecule has 0 radical (unpaired) electrons. The van der Waals surface area contributed by atoms with E-state index in [2.05, 4.69) is 61.6 Å². The molecule has 3 aromatic rings. The number of carbonyl (C=O) groups is 1. The van der Waals surface area contributed by atoms with Crippen molar-refractivity contribution in [2.45, 2.75) is 32.7 Å². The number of ketones is 1. The highest BCUT2D eigenvalue weighted by molar-refractivity contribution is 6.28. The predicted octanol–water partition coefficient (Wildman–Crippen LogP) is 6.16. The Bertz CT molecular complexity index is 1160. The number of benzene rings is 3. The number of anilines is 1. The van der Waals surface area contributed by atoms with E-state index < -0.39 is 0 Å².